The van der Waals surface area contributed by atoms with Crippen molar-refractivity contribution in [2.45, 2.75) is 32.7 Å². The van der Waals surface area contributed by atoms with Crippen LogP contribution < -0.4 is 0 Å². The number of hydrogen-bond donors (Lipinski definition) is 0. The van der Waals surface area contributed by atoms with Crippen molar-refractivity contribution in [1.29, 1.82) is 0 Å². The van der Waals surface area contributed by atoms with Gasteiger partial charge in [0.1, 0.15) is 0 Å². The third-order valence-corrected chi connectivity index (χ3v) is 2.79. The van der Waals surface area contributed by atoms with Crippen LogP contribution >= 0.6 is 0 Å². The Morgan fingerprint density at radius 1 is 1.00 bits per heavy atom. The SMILES string of the molecule is CCCCCN(Cc1ccccc1)N(C)C. The Morgan fingerprint density at radius 3 is 2.25 bits per heavy atom. The molecule has 2 nitrogen and oxygen atoms in total. The molecule has 0 spiro atoms. The molecule has 0 saturated carbocycles. The van der Waals surface area contributed by atoms with Crippen LogP contribution in [0.5, 0.6) is 0 Å². The molecule has 2 heteroatoms. The third-order valence-electron chi connectivity index (χ3n) is 2.79. The standard InChI is InChI=1S/C14H24N2/c1-4-5-9-12-16(15(2)3)13-14-10-7-6-8-11-14/h6-8,10-11H,4-5,9,12-13H2,1-3H3. The van der Waals surface area contributed by atoms with Gasteiger partial charge in [0.25, 0.3) is 0 Å². The smallest absolute Gasteiger partial charge is 0.0383 e. The summed E-state index contributed by atoms with van der Waals surface area (Å²) >= 11 is 0. The van der Waals surface area contributed by atoms with Crippen molar-refractivity contribution in [3.63, 3.8) is 0 Å². The van der Waals surface area contributed by atoms with Crippen LogP contribution in [0.2, 0.25) is 0 Å². The number of hydrogen-bond acceptors (Lipinski definition) is 2. The summed E-state index contributed by atoms with van der Waals surface area (Å²) in [4.78, 5) is 0. The van der Waals surface area contributed by atoms with Gasteiger partial charge in [0.15, 0.2) is 0 Å². The van der Waals surface area contributed by atoms with Gasteiger partial charge in [0, 0.05) is 27.2 Å². The molecule has 0 bridgehead atoms. The van der Waals surface area contributed by atoms with Crippen LogP contribution in [-0.4, -0.2) is 30.7 Å². The second kappa shape index (κ2) is 7.42. The van der Waals surface area contributed by atoms with E-state index < -0.39 is 0 Å². The number of rotatable bonds is 7. The summed E-state index contributed by atoms with van der Waals surface area (Å²) in [6.45, 7) is 4.41. The lowest BCUT2D eigenvalue weighted by Crippen LogP contribution is -2.37. The maximum atomic E-state index is 2.39. The van der Waals surface area contributed by atoms with Crippen molar-refractivity contribution in [1.82, 2.24) is 10.0 Å². The number of hydrazine groups is 1. The highest BCUT2D eigenvalue weighted by molar-refractivity contribution is 5.14. The third kappa shape index (κ3) is 4.77. The van der Waals surface area contributed by atoms with Crippen molar-refractivity contribution in [2.75, 3.05) is 20.6 Å². The highest BCUT2D eigenvalue weighted by Gasteiger charge is 2.07. The molecular weight excluding hydrogens is 196 g/mol. The van der Waals surface area contributed by atoms with E-state index in [0.29, 0.717) is 0 Å². The van der Waals surface area contributed by atoms with E-state index in [4.69, 9.17) is 0 Å². The lowest BCUT2D eigenvalue weighted by molar-refractivity contribution is 0.0147. The fourth-order valence-corrected chi connectivity index (χ4v) is 1.76. The molecule has 0 aliphatic carbocycles. The summed E-state index contributed by atoms with van der Waals surface area (Å²) in [7, 11) is 4.24. The van der Waals surface area contributed by atoms with Gasteiger partial charge in [-0.2, -0.15) is 0 Å². The summed E-state index contributed by atoms with van der Waals surface area (Å²) in [6, 6.07) is 10.7. The zero-order valence-corrected chi connectivity index (χ0v) is 10.8. The minimum atomic E-state index is 1.01. The number of unbranched alkanes of at least 4 members (excludes halogenated alkanes) is 2. The van der Waals surface area contributed by atoms with Gasteiger partial charge >= 0.3 is 0 Å². The Kier molecular flexibility index (Phi) is 6.12. The van der Waals surface area contributed by atoms with Crippen LogP contribution in [0.25, 0.3) is 0 Å². The van der Waals surface area contributed by atoms with Crippen molar-refractivity contribution in [2.24, 2.45) is 0 Å². The first-order valence-corrected chi connectivity index (χ1v) is 6.20. The molecular formula is C14H24N2. The molecule has 1 rings (SSSR count). The van der Waals surface area contributed by atoms with Crippen LogP contribution in [0.1, 0.15) is 31.7 Å². The van der Waals surface area contributed by atoms with Gasteiger partial charge in [-0.15, -0.1) is 0 Å². The summed E-state index contributed by atoms with van der Waals surface area (Å²) < 4.78 is 0. The average Bonchev–Trinajstić information content (AvgIpc) is 2.29. The Balaban J connectivity index is 2.45. The first-order valence-electron chi connectivity index (χ1n) is 6.20. The second-order valence-electron chi connectivity index (χ2n) is 4.43. The predicted octanol–water partition coefficient (Wildman–Crippen LogP) is 3.16. The molecule has 0 atom stereocenters. The average molecular weight is 220 g/mol. The molecule has 0 heterocycles. The van der Waals surface area contributed by atoms with Crippen LogP contribution in [0.15, 0.2) is 30.3 Å². The van der Waals surface area contributed by atoms with Gasteiger partial charge in [-0.1, -0.05) is 50.1 Å². The van der Waals surface area contributed by atoms with E-state index in [-0.39, 0.29) is 0 Å². The molecule has 1 aromatic carbocycles. The fourth-order valence-electron chi connectivity index (χ4n) is 1.76. The molecule has 0 amide bonds. The van der Waals surface area contributed by atoms with Crippen LogP contribution in [0.3, 0.4) is 0 Å². The van der Waals surface area contributed by atoms with Crippen molar-refractivity contribution in [3.05, 3.63) is 35.9 Å². The van der Waals surface area contributed by atoms with Gasteiger partial charge in [-0.25, -0.2) is 10.0 Å². The molecule has 0 saturated heterocycles. The largest absolute Gasteiger partial charge is 0.248 e. The molecule has 0 fully saturated rings. The quantitative estimate of drug-likeness (QED) is 0.514. The van der Waals surface area contributed by atoms with Gasteiger partial charge in [-0.05, 0) is 12.0 Å². The van der Waals surface area contributed by atoms with Gasteiger partial charge in [0.2, 0.25) is 0 Å². The summed E-state index contributed by atoms with van der Waals surface area (Å²) in [5.74, 6) is 0. The monoisotopic (exact) mass is 220 g/mol. The van der Waals surface area contributed by atoms with E-state index in [0.717, 1.165) is 13.1 Å². The zero-order chi connectivity index (χ0) is 11.8. The summed E-state index contributed by atoms with van der Waals surface area (Å²) in [5, 5.41) is 4.59. The van der Waals surface area contributed by atoms with Crippen molar-refractivity contribution < 1.29 is 0 Å². The predicted molar refractivity (Wildman–Crippen MR) is 70.1 cm³/mol. The van der Waals surface area contributed by atoms with E-state index in [2.05, 4.69) is 61.4 Å². The zero-order valence-electron chi connectivity index (χ0n) is 10.8. The van der Waals surface area contributed by atoms with Gasteiger partial charge in [0.05, 0.1) is 0 Å². The molecule has 0 unspecified atom stereocenters. The van der Waals surface area contributed by atoms with Crippen molar-refractivity contribution in [3.8, 4) is 0 Å². The topological polar surface area (TPSA) is 6.48 Å². The molecule has 0 radical (unpaired) electrons. The van der Waals surface area contributed by atoms with Crippen molar-refractivity contribution >= 4 is 0 Å². The molecule has 1 aromatic rings. The summed E-state index contributed by atoms with van der Waals surface area (Å²) in [6.07, 6.45) is 3.88. The Bertz CT molecular complexity index is 269. The normalized spacial score (nSPS) is 11.3. The fraction of sp³-hybridized carbons (Fsp3) is 0.571. The van der Waals surface area contributed by atoms with Gasteiger partial charge < -0.3 is 0 Å². The molecule has 0 aliphatic rings. The van der Waals surface area contributed by atoms with E-state index in [1.165, 1.54) is 24.8 Å². The highest BCUT2D eigenvalue weighted by atomic mass is 15.6. The van der Waals surface area contributed by atoms with E-state index in [9.17, 15) is 0 Å². The highest BCUT2D eigenvalue weighted by Crippen LogP contribution is 2.07. The second-order valence-corrected chi connectivity index (χ2v) is 4.43. The first kappa shape index (κ1) is 13.2. The van der Waals surface area contributed by atoms with E-state index in [1.807, 2.05) is 0 Å². The van der Waals surface area contributed by atoms with Crippen LogP contribution in [-0.2, 0) is 6.54 Å². The summed E-state index contributed by atoms with van der Waals surface area (Å²) in [5.41, 5.74) is 1.38. The van der Waals surface area contributed by atoms with Gasteiger partial charge in [-0.3, -0.25) is 0 Å². The molecule has 16 heavy (non-hydrogen) atoms. The lowest BCUT2D eigenvalue weighted by atomic mass is 10.2. The van der Waals surface area contributed by atoms with Crippen LogP contribution in [0.4, 0.5) is 0 Å². The minimum absolute atomic E-state index is 1.01. The minimum Gasteiger partial charge on any atom is -0.248 e. The molecule has 90 valence electrons. The maximum Gasteiger partial charge on any atom is 0.0383 e. The Hall–Kier alpha value is -0.860. The Labute approximate surface area is 99.8 Å². The molecule has 0 N–H and O–H groups in total. The number of nitrogens with zero attached hydrogens (tertiary/aromatic N) is 2. The molecule has 0 aromatic heterocycles. The molecule has 0 aliphatic heterocycles. The number of benzene rings is 1. The lowest BCUT2D eigenvalue weighted by Gasteiger charge is -2.29. The Morgan fingerprint density at radius 2 is 1.69 bits per heavy atom. The maximum absolute atomic E-state index is 2.39. The first-order chi connectivity index (χ1) is 7.74. The van der Waals surface area contributed by atoms with E-state index >= 15 is 0 Å². The van der Waals surface area contributed by atoms with Crippen LogP contribution in [0, 0.1) is 0 Å². The van der Waals surface area contributed by atoms with E-state index in [1.54, 1.807) is 0 Å².